The van der Waals surface area contributed by atoms with Gasteiger partial charge in [0.05, 0.1) is 34.9 Å². The minimum absolute atomic E-state index is 0.143. The number of nitrogens with zero attached hydrogens (tertiary/aromatic N) is 1. The van der Waals surface area contributed by atoms with Crippen molar-refractivity contribution in [2.24, 2.45) is 0 Å². The standard InChI is InChI=1S/C18H9ClF3NO2/c1-25-17(24)14-7-11(6-12(8-14)10-23)2-3-13-4-5-15(9-16(13)19)18(20,21)22/h4-9H,1H3. The van der Waals surface area contributed by atoms with Gasteiger partial charge in [-0.15, -0.1) is 0 Å². The highest BCUT2D eigenvalue weighted by molar-refractivity contribution is 6.31. The maximum atomic E-state index is 12.6. The minimum Gasteiger partial charge on any atom is -0.465 e. The monoisotopic (exact) mass is 363 g/mol. The molecule has 3 nitrogen and oxygen atoms in total. The van der Waals surface area contributed by atoms with Gasteiger partial charge in [-0.2, -0.15) is 18.4 Å². The van der Waals surface area contributed by atoms with Crippen LogP contribution < -0.4 is 0 Å². The van der Waals surface area contributed by atoms with Gasteiger partial charge in [-0.1, -0.05) is 23.4 Å². The fourth-order valence-corrected chi connectivity index (χ4v) is 2.16. The molecule has 2 aromatic rings. The number of hydrogen-bond acceptors (Lipinski definition) is 3. The zero-order chi connectivity index (χ0) is 18.6. The van der Waals surface area contributed by atoms with Crippen LogP contribution in [0.4, 0.5) is 13.2 Å². The van der Waals surface area contributed by atoms with E-state index in [4.69, 9.17) is 16.9 Å². The number of ether oxygens (including phenoxy) is 1. The smallest absolute Gasteiger partial charge is 0.416 e. The van der Waals surface area contributed by atoms with Crippen molar-refractivity contribution >= 4 is 17.6 Å². The van der Waals surface area contributed by atoms with Crippen LogP contribution in [0.3, 0.4) is 0 Å². The molecule has 0 spiro atoms. The molecule has 2 rings (SSSR count). The predicted octanol–water partition coefficient (Wildman–Crippen LogP) is 4.42. The van der Waals surface area contributed by atoms with Crippen LogP contribution in [0, 0.1) is 23.2 Å². The lowest BCUT2D eigenvalue weighted by molar-refractivity contribution is -0.137. The van der Waals surface area contributed by atoms with Gasteiger partial charge in [-0.25, -0.2) is 4.79 Å². The lowest BCUT2D eigenvalue weighted by Crippen LogP contribution is -2.04. The van der Waals surface area contributed by atoms with Crippen LogP contribution in [0.25, 0.3) is 0 Å². The van der Waals surface area contributed by atoms with E-state index in [9.17, 15) is 18.0 Å². The number of carbonyl (C=O) groups excluding carboxylic acids is 1. The van der Waals surface area contributed by atoms with Crippen LogP contribution in [0.5, 0.6) is 0 Å². The van der Waals surface area contributed by atoms with Crippen molar-refractivity contribution in [1.82, 2.24) is 0 Å². The molecule has 0 aliphatic carbocycles. The molecule has 0 heterocycles. The van der Waals surface area contributed by atoms with E-state index in [2.05, 4.69) is 16.6 Å². The summed E-state index contributed by atoms with van der Waals surface area (Å²) < 4.78 is 42.4. The third kappa shape index (κ3) is 4.53. The van der Waals surface area contributed by atoms with E-state index in [0.717, 1.165) is 18.2 Å². The second kappa shape index (κ2) is 7.29. The van der Waals surface area contributed by atoms with Crippen molar-refractivity contribution in [3.63, 3.8) is 0 Å². The van der Waals surface area contributed by atoms with E-state index < -0.39 is 17.7 Å². The Hall–Kier alpha value is -2.96. The number of carbonyl (C=O) groups is 1. The van der Waals surface area contributed by atoms with E-state index in [1.54, 1.807) is 0 Å². The Morgan fingerprint density at radius 3 is 2.36 bits per heavy atom. The Labute approximate surface area is 146 Å². The summed E-state index contributed by atoms with van der Waals surface area (Å²) in [7, 11) is 1.20. The predicted molar refractivity (Wildman–Crippen MR) is 84.9 cm³/mol. The van der Waals surface area contributed by atoms with Crippen LogP contribution in [-0.4, -0.2) is 13.1 Å². The Morgan fingerprint density at radius 1 is 1.12 bits per heavy atom. The fraction of sp³-hybridized carbons (Fsp3) is 0.111. The first-order chi connectivity index (χ1) is 11.7. The Kier molecular flexibility index (Phi) is 5.36. The van der Waals surface area contributed by atoms with Crippen molar-refractivity contribution in [1.29, 1.82) is 5.26 Å². The van der Waals surface area contributed by atoms with Gasteiger partial charge in [-0.3, -0.25) is 0 Å². The molecule has 2 aromatic carbocycles. The summed E-state index contributed by atoms with van der Waals surface area (Å²) in [6.45, 7) is 0. The summed E-state index contributed by atoms with van der Waals surface area (Å²) in [6.07, 6.45) is -4.49. The van der Waals surface area contributed by atoms with Crippen molar-refractivity contribution in [3.05, 3.63) is 69.2 Å². The highest BCUT2D eigenvalue weighted by Crippen LogP contribution is 2.31. The molecule has 0 amide bonds. The van der Waals surface area contributed by atoms with Crippen molar-refractivity contribution in [2.45, 2.75) is 6.18 Å². The molecular formula is C18H9ClF3NO2. The zero-order valence-electron chi connectivity index (χ0n) is 12.7. The van der Waals surface area contributed by atoms with Crippen LogP contribution in [0.2, 0.25) is 5.02 Å². The molecule has 0 aromatic heterocycles. The topological polar surface area (TPSA) is 50.1 Å². The van der Waals surface area contributed by atoms with Crippen molar-refractivity contribution in [2.75, 3.05) is 7.11 Å². The molecule has 0 saturated carbocycles. The summed E-state index contributed by atoms with van der Waals surface area (Å²) in [5.41, 5.74) is -0.00959. The second-order valence-corrected chi connectivity index (χ2v) is 5.25. The zero-order valence-corrected chi connectivity index (χ0v) is 13.5. The van der Waals surface area contributed by atoms with Gasteiger partial charge in [-0.05, 0) is 36.4 Å². The largest absolute Gasteiger partial charge is 0.465 e. The fourth-order valence-electron chi connectivity index (χ4n) is 1.93. The number of alkyl halides is 3. The van der Waals surface area contributed by atoms with E-state index in [1.165, 1.54) is 25.3 Å². The molecule has 0 radical (unpaired) electrons. The molecule has 0 aliphatic heterocycles. The molecular weight excluding hydrogens is 355 g/mol. The number of methoxy groups -OCH3 is 1. The molecule has 0 saturated heterocycles. The second-order valence-electron chi connectivity index (χ2n) is 4.84. The third-order valence-electron chi connectivity index (χ3n) is 3.12. The van der Waals surface area contributed by atoms with E-state index in [1.807, 2.05) is 6.07 Å². The molecule has 0 fully saturated rings. The number of rotatable bonds is 1. The first kappa shape index (κ1) is 18.4. The molecule has 0 atom stereocenters. The van der Waals surface area contributed by atoms with Gasteiger partial charge in [0.15, 0.2) is 0 Å². The average molecular weight is 364 g/mol. The Morgan fingerprint density at radius 2 is 1.80 bits per heavy atom. The number of esters is 1. The molecule has 0 N–H and O–H groups in total. The first-order valence-electron chi connectivity index (χ1n) is 6.77. The van der Waals surface area contributed by atoms with Crippen LogP contribution >= 0.6 is 11.6 Å². The Bertz CT molecular complexity index is 934. The van der Waals surface area contributed by atoms with Gasteiger partial charge < -0.3 is 4.74 Å². The summed E-state index contributed by atoms with van der Waals surface area (Å²) >= 11 is 5.84. The average Bonchev–Trinajstić information content (AvgIpc) is 2.58. The molecule has 0 bridgehead atoms. The third-order valence-corrected chi connectivity index (χ3v) is 3.43. The van der Waals surface area contributed by atoms with Crippen molar-refractivity contribution < 1.29 is 22.7 Å². The SMILES string of the molecule is COC(=O)c1cc(C#N)cc(C#Cc2ccc(C(F)(F)F)cc2Cl)c1. The minimum atomic E-state index is -4.49. The maximum absolute atomic E-state index is 12.6. The van der Waals surface area contributed by atoms with Gasteiger partial charge in [0.1, 0.15) is 0 Å². The van der Waals surface area contributed by atoms with Gasteiger partial charge in [0, 0.05) is 11.1 Å². The molecule has 126 valence electrons. The summed E-state index contributed by atoms with van der Waals surface area (Å²) in [4.78, 5) is 11.6. The summed E-state index contributed by atoms with van der Waals surface area (Å²) in [5.74, 6) is 4.68. The summed E-state index contributed by atoms with van der Waals surface area (Å²) in [6, 6.07) is 8.92. The Balaban J connectivity index is 2.42. The number of hydrogen-bond donors (Lipinski definition) is 0. The summed E-state index contributed by atoms with van der Waals surface area (Å²) in [5, 5.41) is 8.85. The van der Waals surface area contributed by atoms with Gasteiger partial charge >= 0.3 is 12.1 Å². The van der Waals surface area contributed by atoms with Gasteiger partial charge in [0.2, 0.25) is 0 Å². The highest BCUT2D eigenvalue weighted by Gasteiger charge is 2.30. The van der Waals surface area contributed by atoms with Crippen LogP contribution in [0.15, 0.2) is 36.4 Å². The van der Waals surface area contributed by atoms with Gasteiger partial charge in [0.25, 0.3) is 0 Å². The maximum Gasteiger partial charge on any atom is 0.416 e. The lowest BCUT2D eigenvalue weighted by Gasteiger charge is -2.07. The molecule has 25 heavy (non-hydrogen) atoms. The number of benzene rings is 2. The quantitative estimate of drug-likeness (QED) is 0.557. The van der Waals surface area contributed by atoms with E-state index in [-0.39, 0.29) is 21.7 Å². The molecule has 0 unspecified atom stereocenters. The van der Waals surface area contributed by atoms with Crippen LogP contribution in [0.1, 0.15) is 32.6 Å². The molecule has 7 heteroatoms. The first-order valence-corrected chi connectivity index (χ1v) is 7.14. The van der Waals surface area contributed by atoms with Crippen LogP contribution in [-0.2, 0) is 10.9 Å². The normalized spacial score (nSPS) is 10.4. The van der Waals surface area contributed by atoms with Crippen molar-refractivity contribution in [3.8, 4) is 17.9 Å². The number of halogens is 4. The highest BCUT2D eigenvalue weighted by atomic mass is 35.5. The van der Waals surface area contributed by atoms with E-state index >= 15 is 0 Å². The number of nitriles is 1. The lowest BCUT2D eigenvalue weighted by atomic mass is 10.1. The molecule has 0 aliphatic rings. The van der Waals surface area contributed by atoms with E-state index in [0.29, 0.717) is 5.56 Å².